The Hall–Kier alpha value is -0.710. The molecular formula is C19H21Cl3F3NO8S2. The molecule has 1 amide bonds. The average molecular weight is 619 g/mol. The van der Waals surface area contributed by atoms with Crippen molar-refractivity contribution in [1.82, 2.24) is 5.32 Å². The Balaban J connectivity index is 1.94. The standard InChI is InChI=1S/C19H21Cl3F3NO8S2/c1-2-35-16-12(26-17(27)31-9-18(20,21)22)14(34-36(28,29)19(23,24)25)13-11(32-16)8-30-15(33-13)10-6-4-3-5-7-10/h3-7,11-16H,2,8-9H2,1H3,(H,26,27)/t11-,12-,13-,14-,15-,16+/m1/s1. The van der Waals surface area contributed by atoms with Crippen LogP contribution in [0.15, 0.2) is 30.3 Å². The molecule has 9 nitrogen and oxygen atoms in total. The molecule has 2 heterocycles. The monoisotopic (exact) mass is 617 g/mol. The first-order chi connectivity index (χ1) is 16.7. The molecule has 0 aromatic heterocycles. The lowest BCUT2D eigenvalue weighted by Gasteiger charge is -2.48. The van der Waals surface area contributed by atoms with Crippen LogP contribution in [0.25, 0.3) is 0 Å². The molecule has 2 aliphatic heterocycles. The zero-order chi connectivity index (χ0) is 26.7. The molecule has 1 aromatic carbocycles. The first-order valence-electron chi connectivity index (χ1n) is 10.3. The van der Waals surface area contributed by atoms with E-state index < -0.39 is 68.2 Å². The number of benzene rings is 1. The summed E-state index contributed by atoms with van der Waals surface area (Å²) in [6.45, 7) is 0.878. The molecule has 0 unspecified atom stereocenters. The van der Waals surface area contributed by atoms with Crippen LogP contribution in [0, 0.1) is 0 Å². The van der Waals surface area contributed by atoms with Crippen LogP contribution < -0.4 is 5.32 Å². The quantitative estimate of drug-likeness (QED) is 0.272. The Labute approximate surface area is 224 Å². The van der Waals surface area contributed by atoms with Gasteiger partial charge in [-0.3, -0.25) is 4.18 Å². The van der Waals surface area contributed by atoms with E-state index in [1.54, 1.807) is 37.3 Å². The Morgan fingerprint density at radius 2 is 1.86 bits per heavy atom. The minimum Gasteiger partial charge on any atom is -0.445 e. The van der Waals surface area contributed by atoms with Crippen LogP contribution in [-0.2, 0) is 33.2 Å². The van der Waals surface area contributed by atoms with Gasteiger partial charge in [0.25, 0.3) is 0 Å². The summed E-state index contributed by atoms with van der Waals surface area (Å²) in [6, 6.07) is 6.92. The van der Waals surface area contributed by atoms with Crippen molar-refractivity contribution in [3.8, 4) is 0 Å². The van der Waals surface area contributed by atoms with Gasteiger partial charge in [0.2, 0.25) is 3.79 Å². The van der Waals surface area contributed by atoms with E-state index in [2.05, 4.69) is 9.50 Å². The topological polar surface area (TPSA) is 109 Å². The Morgan fingerprint density at radius 1 is 1.19 bits per heavy atom. The number of carbonyl (C=O) groups excluding carboxylic acids is 1. The van der Waals surface area contributed by atoms with Crippen molar-refractivity contribution in [2.45, 2.75) is 52.3 Å². The predicted octanol–water partition coefficient (Wildman–Crippen LogP) is 4.28. The molecule has 1 N–H and O–H groups in total. The van der Waals surface area contributed by atoms with Crippen molar-refractivity contribution in [1.29, 1.82) is 0 Å². The normalized spacial score (nSPS) is 29.3. The van der Waals surface area contributed by atoms with Crippen molar-refractivity contribution in [3.63, 3.8) is 0 Å². The number of carbonyl (C=O) groups is 1. The molecule has 0 bridgehead atoms. The number of hydrogen-bond donors (Lipinski definition) is 1. The SMILES string of the molecule is CCS[C@@H]1O[C@@H]2CO[C@@H](c3ccccc3)O[C@H]2[C@H](OS(=O)(=O)C(F)(F)F)[C@H]1NC(=O)OCC(Cl)(Cl)Cl. The second-order valence-corrected chi connectivity index (χ2v) is 13.0. The fourth-order valence-corrected chi connectivity index (χ4v) is 5.23. The lowest BCUT2D eigenvalue weighted by Crippen LogP contribution is -2.67. The third kappa shape index (κ3) is 7.67. The number of amides is 1. The maximum Gasteiger partial charge on any atom is 0.523 e. The van der Waals surface area contributed by atoms with E-state index in [0.29, 0.717) is 11.3 Å². The van der Waals surface area contributed by atoms with Gasteiger partial charge in [0.15, 0.2) is 6.29 Å². The van der Waals surface area contributed by atoms with Crippen LogP contribution in [0.5, 0.6) is 0 Å². The minimum atomic E-state index is -6.11. The van der Waals surface area contributed by atoms with Crippen molar-refractivity contribution < 1.29 is 49.5 Å². The van der Waals surface area contributed by atoms with E-state index in [9.17, 15) is 26.4 Å². The first kappa shape index (κ1) is 29.8. The smallest absolute Gasteiger partial charge is 0.445 e. The molecular weight excluding hydrogens is 598 g/mol. The number of alkyl carbamates (subject to hydrolysis) is 1. The Morgan fingerprint density at radius 3 is 2.44 bits per heavy atom. The maximum absolute atomic E-state index is 13.3. The molecule has 2 aliphatic rings. The molecule has 0 aliphatic carbocycles. The van der Waals surface area contributed by atoms with E-state index >= 15 is 0 Å². The number of nitrogens with one attached hydrogen (secondary N) is 1. The molecule has 0 radical (unpaired) electrons. The number of hydrogen-bond acceptors (Lipinski definition) is 9. The second kappa shape index (κ2) is 12.0. The van der Waals surface area contributed by atoms with Crippen LogP contribution in [-0.4, -0.2) is 72.6 Å². The van der Waals surface area contributed by atoms with Crippen LogP contribution in [0.4, 0.5) is 18.0 Å². The summed E-state index contributed by atoms with van der Waals surface area (Å²) in [4.78, 5) is 12.4. The number of thioether (sulfide) groups is 1. The molecule has 204 valence electrons. The highest BCUT2D eigenvalue weighted by Gasteiger charge is 2.57. The Bertz CT molecular complexity index is 1000. The zero-order valence-electron chi connectivity index (χ0n) is 18.3. The summed E-state index contributed by atoms with van der Waals surface area (Å²) in [5.74, 6) is 0.385. The fraction of sp³-hybridized carbons (Fsp3) is 0.632. The van der Waals surface area contributed by atoms with Crippen molar-refractivity contribution >= 4 is 62.8 Å². The number of ether oxygens (including phenoxy) is 4. The van der Waals surface area contributed by atoms with Crippen LogP contribution in [0.2, 0.25) is 0 Å². The number of fused-ring (bicyclic) bond motifs is 1. The van der Waals surface area contributed by atoms with Crippen LogP contribution in [0.1, 0.15) is 18.8 Å². The molecule has 3 rings (SSSR count). The lowest BCUT2D eigenvalue weighted by molar-refractivity contribution is -0.303. The summed E-state index contributed by atoms with van der Waals surface area (Å²) >= 11 is 17.8. The molecule has 1 aromatic rings. The number of alkyl halides is 6. The van der Waals surface area contributed by atoms with Gasteiger partial charge in [-0.2, -0.15) is 21.6 Å². The van der Waals surface area contributed by atoms with Gasteiger partial charge in [0.1, 0.15) is 30.4 Å². The molecule has 2 saturated heterocycles. The summed E-state index contributed by atoms with van der Waals surface area (Å²) in [7, 11) is -6.11. The molecule has 17 heteroatoms. The number of rotatable bonds is 7. The van der Waals surface area contributed by atoms with Crippen molar-refractivity contribution in [3.05, 3.63) is 35.9 Å². The maximum atomic E-state index is 13.3. The highest BCUT2D eigenvalue weighted by Crippen LogP contribution is 2.40. The fourth-order valence-electron chi connectivity index (χ4n) is 3.45. The molecule has 0 spiro atoms. The highest BCUT2D eigenvalue weighted by atomic mass is 35.6. The van der Waals surface area contributed by atoms with Crippen LogP contribution >= 0.6 is 46.6 Å². The Kier molecular flexibility index (Phi) is 9.94. The van der Waals surface area contributed by atoms with Crippen LogP contribution in [0.3, 0.4) is 0 Å². The summed E-state index contributed by atoms with van der Waals surface area (Å²) in [5, 5.41) is 2.28. The van der Waals surface area contributed by atoms with E-state index in [0.717, 1.165) is 11.8 Å². The van der Waals surface area contributed by atoms with E-state index in [1.165, 1.54) is 0 Å². The lowest BCUT2D eigenvalue weighted by atomic mass is 9.97. The third-order valence-electron chi connectivity index (χ3n) is 4.91. The van der Waals surface area contributed by atoms with Gasteiger partial charge < -0.3 is 24.3 Å². The summed E-state index contributed by atoms with van der Waals surface area (Å²) in [5.41, 5.74) is -6.28. The van der Waals surface area contributed by atoms with Gasteiger partial charge in [-0.05, 0) is 5.75 Å². The van der Waals surface area contributed by atoms with E-state index in [1.807, 2.05) is 0 Å². The van der Waals surface area contributed by atoms with Gasteiger partial charge in [-0.1, -0.05) is 72.1 Å². The molecule has 36 heavy (non-hydrogen) atoms. The van der Waals surface area contributed by atoms with E-state index in [-0.39, 0.29) is 6.61 Å². The minimum absolute atomic E-state index is 0.151. The molecule has 2 fully saturated rings. The summed E-state index contributed by atoms with van der Waals surface area (Å²) in [6.07, 6.45) is -6.57. The van der Waals surface area contributed by atoms with Gasteiger partial charge in [-0.25, -0.2) is 4.79 Å². The summed E-state index contributed by atoms with van der Waals surface area (Å²) < 4.78 is 88.7. The largest absolute Gasteiger partial charge is 0.523 e. The van der Waals surface area contributed by atoms with Gasteiger partial charge in [0, 0.05) is 5.56 Å². The van der Waals surface area contributed by atoms with Crippen molar-refractivity contribution in [2.75, 3.05) is 19.0 Å². The van der Waals surface area contributed by atoms with Gasteiger partial charge in [0.05, 0.1) is 12.6 Å². The average Bonchev–Trinajstić information content (AvgIpc) is 2.79. The van der Waals surface area contributed by atoms with Gasteiger partial charge in [-0.15, -0.1) is 11.8 Å². The van der Waals surface area contributed by atoms with E-state index in [4.69, 9.17) is 53.8 Å². The highest BCUT2D eigenvalue weighted by molar-refractivity contribution is 7.99. The first-order valence-corrected chi connectivity index (χ1v) is 13.9. The molecule has 6 atom stereocenters. The predicted molar refractivity (Wildman–Crippen MR) is 125 cm³/mol. The van der Waals surface area contributed by atoms with Gasteiger partial charge >= 0.3 is 21.7 Å². The number of halogens is 6. The second-order valence-electron chi connectivity index (χ2n) is 7.50. The van der Waals surface area contributed by atoms with Crippen molar-refractivity contribution in [2.24, 2.45) is 0 Å². The zero-order valence-corrected chi connectivity index (χ0v) is 22.2. The third-order valence-corrected chi connectivity index (χ3v) is 7.35. The molecule has 0 saturated carbocycles.